The fraction of sp³-hybridized carbons (Fsp3) is 0.647. The predicted molar refractivity (Wildman–Crippen MR) is 90.7 cm³/mol. The fourth-order valence-electron chi connectivity index (χ4n) is 4.08. The molecule has 2 amide bonds. The summed E-state index contributed by atoms with van der Waals surface area (Å²) in [5, 5.41) is 5.87. The Morgan fingerprint density at radius 1 is 1.39 bits per heavy atom. The Kier molecular flexibility index (Phi) is 5.14. The van der Waals surface area contributed by atoms with Crippen molar-refractivity contribution in [3.8, 4) is 0 Å². The zero-order valence-corrected chi connectivity index (χ0v) is 14.5. The van der Waals surface area contributed by atoms with Crippen molar-refractivity contribution in [3.05, 3.63) is 28.2 Å². The number of carbonyl (C=O) groups excluding carboxylic acids is 1. The minimum atomic E-state index is -0.255. The third-order valence-corrected chi connectivity index (χ3v) is 5.39. The van der Waals surface area contributed by atoms with Crippen LogP contribution >= 0.6 is 0 Å². The number of methoxy groups -OCH3 is 1. The molecule has 0 aromatic carbocycles. The number of nitrogens with one attached hydrogen (secondary N) is 3. The molecule has 0 spiro atoms. The van der Waals surface area contributed by atoms with Gasteiger partial charge in [-0.25, -0.2) is 4.79 Å². The number of hydrogen-bond donors (Lipinski definition) is 3. The van der Waals surface area contributed by atoms with Crippen LogP contribution in [0.5, 0.6) is 0 Å². The van der Waals surface area contributed by atoms with Gasteiger partial charge in [0.1, 0.15) is 0 Å². The van der Waals surface area contributed by atoms with Gasteiger partial charge in [0.05, 0.1) is 11.8 Å². The lowest BCUT2D eigenvalue weighted by Crippen LogP contribution is -2.70. The van der Waals surface area contributed by atoms with Crippen LogP contribution in [0.2, 0.25) is 0 Å². The zero-order chi connectivity index (χ0) is 17.2. The van der Waals surface area contributed by atoms with E-state index in [2.05, 4.69) is 36.4 Å². The Labute approximate surface area is 137 Å². The minimum absolute atomic E-state index is 0.0214. The standard InChI is InChI=1S/C17H27N3O3/c1-6-17(7-2)13(11(4)14(17)23-5)20-16(22)19-12-8-10(3)15(21)18-9-12/h8-9,11,13-14H,6-7H2,1-5H3,(H,18,21)(H2,19,20,22)/t11-,13-,14+/m1/s1. The number of ether oxygens (including phenoxy) is 1. The smallest absolute Gasteiger partial charge is 0.319 e. The Balaban J connectivity index is 2.07. The lowest BCUT2D eigenvalue weighted by atomic mass is 9.53. The number of aryl methyl sites for hydroxylation is 1. The Hall–Kier alpha value is -1.82. The molecule has 3 atom stereocenters. The maximum Gasteiger partial charge on any atom is 0.319 e. The summed E-state index contributed by atoms with van der Waals surface area (Å²) >= 11 is 0. The Morgan fingerprint density at radius 2 is 2.04 bits per heavy atom. The molecule has 1 aliphatic rings. The van der Waals surface area contributed by atoms with Crippen LogP contribution in [0.4, 0.5) is 10.5 Å². The highest BCUT2D eigenvalue weighted by atomic mass is 16.5. The number of amides is 2. The normalized spacial score (nSPS) is 25.5. The van der Waals surface area contributed by atoms with Crippen molar-refractivity contribution in [1.29, 1.82) is 0 Å². The van der Waals surface area contributed by atoms with Crippen LogP contribution in [-0.2, 0) is 4.74 Å². The molecule has 1 aromatic heterocycles. The van der Waals surface area contributed by atoms with Gasteiger partial charge in [-0.15, -0.1) is 0 Å². The van der Waals surface area contributed by atoms with Gasteiger partial charge in [0.2, 0.25) is 0 Å². The molecule has 0 radical (unpaired) electrons. The molecular weight excluding hydrogens is 294 g/mol. The van der Waals surface area contributed by atoms with E-state index in [1.807, 2.05) is 0 Å². The molecule has 0 unspecified atom stereocenters. The average molecular weight is 321 g/mol. The summed E-state index contributed by atoms with van der Waals surface area (Å²) in [6.45, 7) is 8.09. The molecule has 1 aliphatic carbocycles. The zero-order valence-electron chi connectivity index (χ0n) is 14.5. The van der Waals surface area contributed by atoms with Crippen LogP contribution in [0.25, 0.3) is 0 Å². The van der Waals surface area contributed by atoms with Gasteiger partial charge in [0, 0.05) is 36.2 Å². The van der Waals surface area contributed by atoms with Crippen molar-refractivity contribution in [3.63, 3.8) is 0 Å². The number of carbonyl (C=O) groups is 1. The second-order valence-electron chi connectivity index (χ2n) is 6.43. The number of pyridine rings is 1. The third kappa shape index (κ3) is 3.00. The van der Waals surface area contributed by atoms with E-state index in [0.717, 1.165) is 12.8 Å². The Bertz CT molecular complexity index is 622. The van der Waals surface area contributed by atoms with E-state index in [0.29, 0.717) is 11.3 Å². The first-order valence-electron chi connectivity index (χ1n) is 8.19. The number of H-pyrrole nitrogens is 1. The highest BCUT2D eigenvalue weighted by molar-refractivity contribution is 5.89. The van der Waals surface area contributed by atoms with Gasteiger partial charge in [-0.3, -0.25) is 4.79 Å². The number of anilines is 1. The van der Waals surface area contributed by atoms with E-state index in [9.17, 15) is 9.59 Å². The first-order valence-corrected chi connectivity index (χ1v) is 8.19. The van der Waals surface area contributed by atoms with E-state index in [4.69, 9.17) is 4.74 Å². The van der Waals surface area contributed by atoms with E-state index in [-0.39, 0.29) is 35.1 Å². The molecule has 23 heavy (non-hydrogen) atoms. The third-order valence-electron chi connectivity index (χ3n) is 5.39. The molecule has 6 heteroatoms. The van der Waals surface area contributed by atoms with Crippen LogP contribution < -0.4 is 16.2 Å². The van der Waals surface area contributed by atoms with Crippen molar-refractivity contribution in [2.45, 2.75) is 52.7 Å². The minimum Gasteiger partial charge on any atom is -0.380 e. The number of hydrogen-bond acceptors (Lipinski definition) is 3. The molecule has 1 aromatic rings. The molecule has 1 heterocycles. The topological polar surface area (TPSA) is 83.2 Å². The SMILES string of the molecule is CCC1(CC)[C@H](NC(=O)Nc2c[nH]c(=O)c(C)c2)[C@@H](C)[C@@H]1OC. The second kappa shape index (κ2) is 6.74. The molecule has 1 saturated carbocycles. The molecule has 0 bridgehead atoms. The number of rotatable bonds is 5. The van der Waals surface area contributed by atoms with Gasteiger partial charge in [-0.2, -0.15) is 0 Å². The summed E-state index contributed by atoms with van der Waals surface area (Å²) in [5.74, 6) is 0.267. The van der Waals surface area contributed by atoms with Gasteiger partial charge >= 0.3 is 6.03 Å². The summed E-state index contributed by atoms with van der Waals surface area (Å²) in [6, 6.07) is 1.48. The van der Waals surface area contributed by atoms with Crippen molar-refractivity contribution in [2.24, 2.45) is 11.3 Å². The van der Waals surface area contributed by atoms with Gasteiger partial charge in [0.25, 0.3) is 5.56 Å². The summed E-state index contributed by atoms with van der Waals surface area (Å²) in [5.41, 5.74) is 0.971. The van der Waals surface area contributed by atoms with Gasteiger partial charge in [-0.05, 0) is 25.8 Å². The Morgan fingerprint density at radius 3 is 2.57 bits per heavy atom. The first kappa shape index (κ1) is 17.5. The summed E-state index contributed by atoms with van der Waals surface area (Å²) in [7, 11) is 1.74. The van der Waals surface area contributed by atoms with Crippen LogP contribution in [-0.4, -0.2) is 30.3 Å². The maximum atomic E-state index is 12.3. The van der Waals surface area contributed by atoms with Crippen molar-refractivity contribution >= 4 is 11.7 Å². The van der Waals surface area contributed by atoms with Crippen LogP contribution in [0.15, 0.2) is 17.1 Å². The largest absolute Gasteiger partial charge is 0.380 e. The molecule has 0 saturated heterocycles. The molecule has 0 aliphatic heterocycles. The number of urea groups is 1. The fourth-order valence-corrected chi connectivity index (χ4v) is 4.08. The maximum absolute atomic E-state index is 12.3. The quantitative estimate of drug-likeness (QED) is 0.779. The van der Waals surface area contributed by atoms with Crippen LogP contribution in [0, 0.1) is 18.3 Å². The van der Waals surface area contributed by atoms with E-state index >= 15 is 0 Å². The summed E-state index contributed by atoms with van der Waals surface area (Å²) in [6.07, 6.45) is 3.58. The summed E-state index contributed by atoms with van der Waals surface area (Å²) < 4.78 is 5.64. The predicted octanol–water partition coefficient (Wildman–Crippen LogP) is 2.64. The van der Waals surface area contributed by atoms with Crippen molar-refractivity contribution < 1.29 is 9.53 Å². The van der Waals surface area contributed by atoms with Crippen LogP contribution in [0.3, 0.4) is 0 Å². The average Bonchev–Trinajstić information content (AvgIpc) is 2.53. The molecule has 2 rings (SSSR count). The lowest BCUT2D eigenvalue weighted by molar-refractivity contribution is -0.163. The van der Waals surface area contributed by atoms with Crippen molar-refractivity contribution in [2.75, 3.05) is 12.4 Å². The monoisotopic (exact) mass is 321 g/mol. The van der Waals surface area contributed by atoms with E-state index < -0.39 is 0 Å². The van der Waals surface area contributed by atoms with Crippen LogP contribution in [0.1, 0.15) is 39.2 Å². The first-order chi connectivity index (χ1) is 10.9. The number of aromatic nitrogens is 1. The molecule has 6 nitrogen and oxygen atoms in total. The van der Waals surface area contributed by atoms with Crippen molar-refractivity contribution in [1.82, 2.24) is 10.3 Å². The highest BCUT2D eigenvalue weighted by Gasteiger charge is 2.58. The van der Waals surface area contributed by atoms with Gasteiger partial charge in [0.15, 0.2) is 0 Å². The molecule has 3 N–H and O–H groups in total. The van der Waals surface area contributed by atoms with E-state index in [1.165, 1.54) is 6.20 Å². The lowest BCUT2D eigenvalue weighted by Gasteiger charge is -2.59. The van der Waals surface area contributed by atoms with E-state index in [1.54, 1.807) is 20.1 Å². The molecular formula is C17H27N3O3. The van der Waals surface area contributed by atoms with Gasteiger partial charge in [-0.1, -0.05) is 20.8 Å². The molecule has 1 fully saturated rings. The summed E-state index contributed by atoms with van der Waals surface area (Å²) in [4.78, 5) is 26.3. The molecule has 128 valence electrons. The highest BCUT2D eigenvalue weighted by Crippen LogP contribution is 2.52. The second-order valence-corrected chi connectivity index (χ2v) is 6.43. The van der Waals surface area contributed by atoms with Gasteiger partial charge < -0.3 is 20.4 Å². The number of aromatic amines is 1.